The van der Waals surface area contributed by atoms with Crippen LogP contribution in [0.3, 0.4) is 0 Å². The number of urea groups is 1. The average Bonchev–Trinajstić information content (AvgIpc) is 2.68. The van der Waals surface area contributed by atoms with E-state index < -0.39 is 13.6 Å². The molecule has 0 spiro atoms. The number of phosphoric ester groups is 1. The number of halogens is 1. The van der Waals surface area contributed by atoms with Crippen LogP contribution in [0, 0.1) is 5.82 Å². The minimum absolute atomic E-state index is 0.00838. The fraction of sp³-hybridized carbons (Fsp3) is 0.529. The fourth-order valence-corrected chi connectivity index (χ4v) is 4.05. The second kappa shape index (κ2) is 9.00. The van der Waals surface area contributed by atoms with Crippen LogP contribution in [0.25, 0.3) is 0 Å². The zero-order chi connectivity index (χ0) is 20.1. The molecule has 2 amide bonds. The number of carbonyl (C=O) groups excluding carboxylic acids is 1. The van der Waals surface area contributed by atoms with Crippen LogP contribution in [0.4, 0.5) is 20.6 Å². The first-order valence-electron chi connectivity index (χ1n) is 9.05. The molecule has 0 radical (unpaired) electrons. The summed E-state index contributed by atoms with van der Waals surface area (Å²) in [6.45, 7) is 5.11. The van der Waals surface area contributed by atoms with E-state index in [-0.39, 0.29) is 31.7 Å². The Labute approximate surface area is 162 Å². The Morgan fingerprint density at radius 1 is 1.25 bits per heavy atom. The summed E-state index contributed by atoms with van der Waals surface area (Å²) in [5.41, 5.74) is 0.635. The number of phosphoric acid groups is 1. The Morgan fingerprint density at radius 3 is 2.57 bits per heavy atom. The first-order chi connectivity index (χ1) is 13.5. The molecular weight excluding hydrogens is 392 g/mol. The van der Waals surface area contributed by atoms with Crippen molar-refractivity contribution < 1.29 is 32.1 Å². The molecule has 2 aliphatic rings. The fourth-order valence-electron chi connectivity index (χ4n) is 2.88. The van der Waals surface area contributed by atoms with E-state index >= 15 is 0 Å². The van der Waals surface area contributed by atoms with Crippen LogP contribution in [0.2, 0.25) is 0 Å². The van der Waals surface area contributed by atoms with Gasteiger partial charge in [0.15, 0.2) is 0 Å². The Morgan fingerprint density at radius 2 is 1.93 bits per heavy atom. The van der Waals surface area contributed by atoms with E-state index in [0.717, 1.165) is 0 Å². The van der Waals surface area contributed by atoms with Crippen LogP contribution in [-0.4, -0.2) is 62.9 Å². The molecule has 0 aliphatic carbocycles. The monoisotopic (exact) mass is 415 g/mol. The molecule has 3 rings (SSSR count). The van der Waals surface area contributed by atoms with Gasteiger partial charge >= 0.3 is 13.9 Å². The number of hydrogen-bond acceptors (Lipinski definition) is 7. The van der Waals surface area contributed by atoms with Gasteiger partial charge in [0.2, 0.25) is 5.90 Å². The summed E-state index contributed by atoms with van der Waals surface area (Å²) in [5.74, 6) is -0.502. The summed E-state index contributed by atoms with van der Waals surface area (Å²) in [4.78, 5) is 20.2. The highest BCUT2D eigenvalue weighted by molar-refractivity contribution is 7.49. The van der Waals surface area contributed by atoms with Gasteiger partial charge in [-0.3, -0.25) is 13.9 Å². The number of fused-ring (bicyclic) bond motifs is 1. The van der Waals surface area contributed by atoms with Gasteiger partial charge in [-0.1, -0.05) is 0 Å². The summed E-state index contributed by atoms with van der Waals surface area (Å²) in [6, 6.07) is 3.55. The molecule has 0 unspecified atom stereocenters. The lowest BCUT2D eigenvalue weighted by Gasteiger charge is -2.35. The molecule has 1 saturated heterocycles. The van der Waals surface area contributed by atoms with Crippen molar-refractivity contribution in [1.82, 2.24) is 4.90 Å². The summed E-state index contributed by atoms with van der Waals surface area (Å²) in [5, 5.41) is 0. The van der Waals surface area contributed by atoms with Crippen molar-refractivity contribution in [2.75, 3.05) is 51.0 Å². The minimum Gasteiger partial charge on any atom is -0.388 e. The first kappa shape index (κ1) is 20.7. The zero-order valence-corrected chi connectivity index (χ0v) is 16.7. The smallest absolute Gasteiger partial charge is 0.388 e. The molecule has 0 bridgehead atoms. The third-order valence-electron chi connectivity index (χ3n) is 4.07. The maximum absolute atomic E-state index is 13.8. The van der Waals surface area contributed by atoms with Crippen molar-refractivity contribution in [2.24, 2.45) is 4.99 Å². The maximum Gasteiger partial charge on any atom is 0.531 e. The Hall–Kier alpha value is -2.00. The van der Waals surface area contributed by atoms with E-state index in [0.29, 0.717) is 37.7 Å². The molecule has 2 aliphatic heterocycles. The lowest BCUT2D eigenvalue weighted by Crippen LogP contribution is -2.50. The number of aliphatic imine (C=N–C) groups is 1. The average molecular weight is 415 g/mol. The number of rotatable bonds is 5. The highest BCUT2D eigenvalue weighted by Gasteiger charge is 2.35. The molecule has 2 heterocycles. The number of morpholine rings is 1. The maximum atomic E-state index is 13.8. The summed E-state index contributed by atoms with van der Waals surface area (Å²) >= 11 is 0. The van der Waals surface area contributed by atoms with Crippen LogP contribution >= 0.6 is 7.82 Å². The van der Waals surface area contributed by atoms with Gasteiger partial charge < -0.3 is 14.2 Å². The quantitative estimate of drug-likeness (QED) is 0.686. The van der Waals surface area contributed by atoms with Crippen molar-refractivity contribution in [1.29, 1.82) is 0 Å². The Balaban J connectivity index is 1.90. The molecule has 11 heteroatoms. The number of ether oxygens (including phenoxy) is 1. The van der Waals surface area contributed by atoms with Crippen molar-refractivity contribution >= 4 is 31.1 Å². The lowest BCUT2D eigenvalue weighted by molar-refractivity contribution is 0.0549. The molecule has 1 aromatic rings. The Bertz CT molecular complexity index is 789. The molecule has 1 aromatic carbocycles. The molecule has 0 saturated carbocycles. The van der Waals surface area contributed by atoms with Crippen LogP contribution < -0.4 is 4.90 Å². The third kappa shape index (κ3) is 4.70. The minimum atomic E-state index is -3.87. The summed E-state index contributed by atoms with van der Waals surface area (Å²) in [6.07, 6.45) is 0. The number of benzene rings is 1. The number of anilines is 1. The van der Waals surface area contributed by atoms with Gasteiger partial charge in [0.1, 0.15) is 12.4 Å². The van der Waals surface area contributed by atoms with Crippen LogP contribution in [-0.2, 0) is 22.9 Å². The molecule has 28 heavy (non-hydrogen) atoms. The Kier molecular flexibility index (Phi) is 6.66. The SMILES string of the molecule is CCOP(=O)(OCC)OC1=Nc2ccc(F)cc2N(C(=O)N2CCOCC2)C1. The van der Waals surface area contributed by atoms with Crippen molar-refractivity contribution in [3.8, 4) is 0 Å². The highest BCUT2D eigenvalue weighted by atomic mass is 31.2. The second-order valence-electron chi connectivity index (χ2n) is 5.98. The predicted octanol–water partition coefficient (Wildman–Crippen LogP) is 3.33. The van der Waals surface area contributed by atoms with Gasteiger partial charge in [-0.2, -0.15) is 0 Å². The number of carbonyl (C=O) groups is 1. The summed E-state index contributed by atoms with van der Waals surface area (Å²) < 4.78 is 47.5. The van der Waals surface area contributed by atoms with E-state index in [2.05, 4.69) is 4.99 Å². The molecule has 154 valence electrons. The van der Waals surface area contributed by atoms with E-state index in [1.807, 2.05) is 0 Å². The van der Waals surface area contributed by atoms with Crippen molar-refractivity contribution in [2.45, 2.75) is 13.8 Å². The third-order valence-corrected chi connectivity index (χ3v) is 5.65. The van der Waals surface area contributed by atoms with Crippen molar-refractivity contribution in [3.05, 3.63) is 24.0 Å². The van der Waals surface area contributed by atoms with Crippen LogP contribution in [0.1, 0.15) is 13.8 Å². The van der Waals surface area contributed by atoms with Crippen LogP contribution in [0.15, 0.2) is 23.2 Å². The topological polar surface area (TPSA) is 89.9 Å². The zero-order valence-electron chi connectivity index (χ0n) is 15.8. The summed E-state index contributed by atoms with van der Waals surface area (Å²) in [7, 11) is -3.87. The van der Waals surface area contributed by atoms with Crippen molar-refractivity contribution in [3.63, 3.8) is 0 Å². The second-order valence-corrected chi connectivity index (χ2v) is 7.57. The normalized spacial score (nSPS) is 17.2. The number of amides is 2. The molecule has 0 N–H and O–H groups in total. The largest absolute Gasteiger partial charge is 0.531 e. The molecule has 1 fully saturated rings. The highest BCUT2D eigenvalue weighted by Crippen LogP contribution is 2.50. The van der Waals surface area contributed by atoms with Crippen LogP contribution in [0.5, 0.6) is 0 Å². The van der Waals surface area contributed by atoms with E-state index in [1.54, 1.807) is 18.7 Å². The van der Waals surface area contributed by atoms with Gasteiger partial charge in [-0.05, 0) is 32.0 Å². The van der Waals surface area contributed by atoms with E-state index in [4.69, 9.17) is 18.3 Å². The molecule has 0 aromatic heterocycles. The van der Waals surface area contributed by atoms with E-state index in [1.165, 1.54) is 23.1 Å². The lowest BCUT2D eigenvalue weighted by atomic mass is 10.2. The number of hydrogen-bond donors (Lipinski definition) is 0. The molecule has 0 atom stereocenters. The molecular formula is C17H23FN3O6P. The van der Waals surface area contributed by atoms with Gasteiger partial charge in [0.05, 0.1) is 37.8 Å². The van der Waals surface area contributed by atoms with Gasteiger partial charge in [0, 0.05) is 13.1 Å². The van der Waals surface area contributed by atoms with Gasteiger partial charge in [-0.15, -0.1) is 0 Å². The van der Waals surface area contributed by atoms with Gasteiger partial charge in [0.25, 0.3) is 0 Å². The predicted molar refractivity (Wildman–Crippen MR) is 101 cm³/mol. The number of nitrogens with zero attached hydrogens (tertiary/aromatic N) is 3. The van der Waals surface area contributed by atoms with Gasteiger partial charge in [-0.25, -0.2) is 18.7 Å². The standard InChI is InChI=1S/C17H23FN3O6P/c1-3-25-28(23,26-4-2)27-16-12-21(17(22)20-7-9-24-10-8-20)15-11-13(18)5-6-14(15)19-16/h5-6,11H,3-4,7-10,12H2,1-2H3. The van der Waals surface area contributed by atoms with E-state index in [9.17, 15) is 13.8 Å². The first-order valence-corrected chi connectivity index (χ1v) is 10.5. The molecule has 9 nitrogen and oxygen atoms in total.